The molecule has 0 spiro atoms. The summed E-state index contributed by atoms with van der Waals surface area (Å²) in [5, 5.41) is 7.84. The van der Waals surface area contributed by atoms with Crippen molar-refractivity contribution < 1.29 is 9.53 Å². The van der Waals surface area contributed by atoms with Gasteiger partial charge in [0.05, 0.1) is 5.69 Å². The number of hydrogen-bond acceptors (Lipinski definition) is 6. The van der Waals surface area contributed by atoms with Crippen molar-refractivity contribution in [3.63, 3.8) is 0 Å². The Morgan fingerprint density at radius 3 is 2.41 bits per heavy atom. The van der Waals surface area contributed by atoms with Crippen LogP contribution in [0.25, 0.3) is 5.69 Å². The van der Waals surface area contributed by atoms with Gasteiger partial charge < -0.3 is 19.9 Å². The Bertz CT molecular complexity index is 1070. The van der Waals surface area contributed by atoms with E-state index in [1.165, 1.54) is 0 Å². The molecule has 1 aliphatic heterocycles. The summed E-state index contributed by atoms with van der Waals surface area (Å²) < 4.78 is 7.24. The first kappa shape index (κ1) is 21.7. The van der Waals surface area contributed by atoms with Gasteiger partial charge >= 0.3 is 6.09 Å². The summed E-state index contributed by atoms with van der Waals surface area (Å²) in [5.41, 5.74) is 3.66. The Morgan fingerprint density at radius 1 is 1.00 bits per heavy atom. The Labute approximate surface area is 188 Å². The predicted octanol–water partition coefficient (Wildman–Crippen LogP) is 4.38. The summed E-state index contributed by atoms with van der Waals surface area (Å²) in [6.45, 7) is 10.5. The molecule has 0 bridgehead atoms. The zero-order valence-corrected chi connectivity index (χ0v) is 19.1. The molecule has 1 saturated heterocycles. The lowest BCUT2D eigenvalue weighted by molar-refractivity contribution is 0.0240. The molecular formula is C24H30N6O2. The number of ether oxygens (including phenoxy) is 1. The molecule has 168 valence electrons. The third-order valence-electron chi connectivity index (χ3n) is 5.13. The first-order chi connectivity index (χ1) is 15.3. The largest absolute Gasteiger partial charge is 0.444 e. The van der Waals surface area contributed by atoms with Gasteiger partial charge in [-0.05, 0) is 63.6 Å². The molecule has 2 heterocycles. The molecule has 0 radical (unpaired) electrons. The van der Waals surface area contributed by atoms with E-state index in [1.807, 2.05) is 51.1 Å². The fraction of sp³-hybridized carbons (Fsp3) is 0.375. The van der Waals surface area contributed by atoms with Crippen LogP contribution in [-0.4, -0.2) is 57.5 Å². The molecule has 32 heavy (non-hydrogen) atoms. The number of rotatable bonds is 4. The number of carbonyl (C=O) groups excluding carboxylic acids is 1. The number of nitrogens with zero attached hydrogens (tertiary/aromatic N) is 5. The number of nitrogens with one attached hydrogen (secondary N) is 1. The number of piperazine rings is 1. The number of anilines is 3. The molecular weight excluding hydrogens is 404 g/mol. The van der Waals surface area contributed by atoms with Crippen LogP contribution in [0, 0.1) is 6.92 Å². The van der Waals surface area contributed by atoms with Gasteiger partial charge in [0.2, 0.25) is 5.95 Å². The van der Waals surface area contributed by atoms with Gasteiger partial charge in [-0.2, -0.15) is 4.98 Å². The zero-order valence-electron chi connectivity index (χ0n) is 19.1. The summed E-state index contributed by atoms with van der Waals surface area (Å²) >= 11 is 0. The highest BCUT2D eigenvalue weighted by molar-refractivity contribution is 5.69. The fourth-order valence-corrected chi connectivity index (χ4v) is 3.65. The second-order valence-electron chi connectivity index (χ2n) is 8.98. The maximum absolute atomic E-state index is 12.3. The molecule has 1 N–H and O–H groups in total. The molecule has 0 atom stereocenters. The SMILES string of the molecule is Cc1cc(Nc2ncn(-c3ccccc3)n2)cc(N2CCN(C(=O)OC(C)(C)C)CC2)c1. The van der Waals surface area contributed by atoms with Crippen molar-refractivity contribution in [3.8, 4) is 5.69 Å². The van der Waals surface area contributed by atoms with Gasteiger partial charge in [-0.25, -0.2) is 9.48 Å². The summed E-state index contributed by atoms with van der Waals surface area (Å²) in [6, 6.07) is 16.2. The lowest BCUT2D eigenvalue weighted by Crippen LogP contribution is -2.50. The number of benzene rings is 2. The van der Waals surface area contributed by atoms with Crippen molar-refractivity contribution in [2.24, 2.45) is 0 Å². The molecule has 1 aromatic heterocycles. The average molecular weight is 435 g/mol. The Hall–Kier alpha value is -3.55. The smallest absolute Gasteiger partial charge is 0.410 e. The molecule has 1 amide bonds. The van der Waals surface area contributed by atoms with Crippen molar-refractivity contribution >= 4 is 23.4 Å². The second-order valence-corrected chi connectivity index (χ2v) is 8.98. The van der Waals surface area contributed by atoms with E-state index in [9.17, 15) is 4.79 Å². The van der Waals surface area contributed by atoms with Gasteiger partial charge in [0.15, 0.2) is 0 Å². The maximum Gasteiger partial charge on any atom is 0.410 e. The van der Waals surface area contributed by atoms with Crippen LogP contribution in [0.3, 0.4) is 0 Å². The molecule has 8 nitrogen and oxygen atoms in total. The van der Waals surface area contributed by atoms with Gasteiger partial charge in [0.25, 0.3) is 0 Å². The van der Waals surface area contributed by atoms with E-state index in [1.54, 1.807) is 15.9 Å². The van der Waals surface area contributed by atoms with Crippen molar-refractivity contribution in [2.45, 2.75) is 33.3 Å². The first-order valence-corrected chi connectivity index (χ1v) is 10.9. The normalized spacial score (nSPS) is 14.4. The predicted molar refractivity (Wildman–Crippen MR) is 126 cm³/mol. The highest BCUT2D eigenvalue weighted by atomic mass is 16.6. The number of aryl methyl sites for hydroxylation is 1. The minimum atomic E-state index is -0.479. The van der Waals surface area contributed by atoms with Gasteiger partial charge in [-0.3, -0.25) is 0 Å². The lowest BCUT2D eigenvalue weighted by Gasteiger charge is -2.37. The van der Waals surface area contributed by atoms with Gasteiger partial charge in [-0.15, -0.1) is 5.10 Å². The molecule has 0 saturated carbocycles. The van der Waals surface area contributed by atoms with E-state index in [0.29, 0.717) is 19.0 Å². The van der Waals surface area contributed by atoms with E-state index in [4.69, 9.17) is 4.74 Å². The third kappa shape index (κ3) is 5.38. The minimum absolute atomic E-state index is 0.246. The van der Waals surface area contributed by atoms with E-state index in [-0.39, 0.29) is 6.09 Å². The molecule has 3 aromatic rings. The molecule has 1 aliphatic rings. The molecule has 0 aliphatic carbocycles. The summed E-state index contributed by atoms with van der Waals surface area (Å²) in [4.78, 5) is 20.8. The summed E-state index contributed by atoms with van der Waals surface area (Å²) in [5.74, 6) is 0.542. The number of carbonyl (C=O) groups is 1. The monoisotopic (exact) mass is 434 g/mol. The molecule has 4 rings (SSSR count). The van der Waals surface area contributed by atoms with Crippen LogP contribution in [0.4, 0.5) is 22.1 Å². The van der Waals surface area contributed by atoms with E-state index in [2.05, 4.69) is 45.4 Å². The average Bonchev–Trinajstić information content (AvgIpc) is 3.21. The van der Waals surface area contributed by atoms with E-state index < -0.39 is 5.60 Å². The quantitative estimate of drug-likeness (QED) is 0.657. The van der Waals surface area contributed by atoms with Crippen LogP contribution >= 0.6 is 0 Å². The van der Waals surface area contributed by atoms with Crippen molar-refractivity contribution in [2.75, 3.05) is 36.4 Å². The molecule has 1 fully saturated rings. The van der Waals surface area contributed by atoms with Crippen LogP contribution in [0.1, 0.15) is 26.3 Å². The van der Waals surface area contributed by atoms with Crippen LogP contribution in [-0.2, 0) is 4.74 Å². The van der Waals surface area contributed by atoms with E-state index in [0.717, 1.165) is 35.7 Å². The highest BCUT2D eigenvalue weighted by Gasteiger charge is 2.26. The number of amides is 1. The Balaban J connectivity index is 1.42. The zero-order chi connectivity index (χ0) is 22.7. The fourth-order valence-electron chi connectivity index (χ4n) is 3.65. The van der Waals surface area contributed by atoms with Crippen LogP contribution in [0.5, 0.6) is 0 Å². The van der Waals surface area contributed by atoms with Crippen LogP contribution < -0.4 is 10.2 Å². The first-order valence-electron chi connectivity index (χ1n) is 10.9. The molecule has 2 aromatic carbocycles. The highest BCUT2D eigenvalue weighted by Crippen LogP contribution is 2.25. The standard InChI is InChI=1S/C24H30N6O2/c1-18-14-19(26-22-25-17-30(27-22)20-8-6-5-7-9-20)16-21(15-18)28-10-12-29(13-11-28)23(31)32-24(2,3)4/h5-9,14-17H,10-13H2,1-4H3,(H,26,27). The Kier molecular flexibility index (Phi) is 6.03. The number of hydrogen-bond donors (Lipinski definition) is 1. The van der Waals surface area contributed by atoms with Crippen molar-refractivity contribution in [1.29, 1.82) is 0 Å². The summed E-state index contributed by atoms with van der Waals surface area (Å²) in [6.07, 6.45) is 1.45. The second kappa shape index (κ2) is 8.90. The van der Waals surface area contributed by atoms with Crippen LogP contribution in [0.2, 0.25) is 0 Å². The summed E-state index contributed by atoms with van der Waals surface area (Å²) in [7, 11) is 0. The number of aromatic nitrogens is 3. The van der Waals surface area contributed by atoms with Gasteiger partial charge in [-0.1, -0.05) is 18.2 Å². The number of para-hydroxylation sites is 1. The van der Waals surface area contributed by atoms with Crippen molar-refractivity contribution in [3.05, 3.63) is 60.4 Å². The van der Waals surface area contributed by atoms with Gasteiger partial charge in [0, 0.05) is 37.6 Å². The molecule has 8 heteroatoms. The van der Waals surface area contributed by atoms with Crippen LogP contribution in [0.15, 0.2) is 54.9 Å². The maximum atomic E-state index is 12.3. The third-order valence-corrected chi connectivity index (χ3v) is 5.13. The Morgan fingerprint density at radius 2 is 1.72 bits per heavy atom. The topological polar surface area (TPSA) is 75.5 Å². The molecule has 0 unspecified atom stereocenters. The van der Waals surface area contributed by atoms with Crippen molar-refractivity contribution in [1.82, 2.24) is 19.7 Å². The lowest BCUT2D eigenvalue weighted by atomic mass is 10.1. The van der Waals surface area contributed by atoms with Gasteiger partial charge in [0.1, 0.15) is 11.9 Å². The minimum Gasteiger partial charge on any atom is -0.444 e. The van der Waals surface area contributed by atoms with E-state index >= 15 is 0 Å².